The Morgan fingerprint density at radius 3 is 2.66 bits per heavy atom. The number of nitrogens with zero attached hydrogens (tertiary/aromatic N) is 1. The Hall–Kier alpha value is -1.06. The molecule has 6 nitrogen and oxygen atoms in total. The maximum absolute atomic E-state index is 6.20. The van der Waals surface area contributed by atoms with Gasteiger partial charge in [-0.2, -0.15) is 0 Å². The maximum atomic E-state index is 6.20. The van der Waals surface area contributed by atoms with Crippen LogP contribution in [0.4, 0.5) is 0 Å². The van der Waals surface area contributed by atoms with Gasteiger partial charge in [0.2, 0.25) is 0 Å². The van der Waals surface area contributed by atoms with E-state index in [9.17, 15) is 0 Å². The third kappa shape index (κ3) is 9.83. The average Bonchev–Trinajstić information content (AvgIpc) is 3.30. The van der Waals surface area contributed by atoms with Crippen LogP contribution in [-0.2, 0) is 16.0 Å². The Morgan fingerprint density at radius 2 is 1.91 bits per heavy atom. The molecule has 182 valence electrons. The van der Waals surface area contributed by atoms with Crippen molar-refractivity contribution in [3.8, 4) is 5.75 Å². The quantitative estimate of drug-likeness (QED) is 0.174. The third-order valence-electron chi connectivity index (χ3n) is 6.09. The van der Waals surface area contributed by atoms with Crippen molar-refractivity contribution in [1.82, 2.24) is 10.6 Å². The molecule has 1 heterocycles. The van der Waals surface area contributed by atoms with Crippen LogP contribution in [0.3, 0.4) is 0 Å². The van der Waals surface area contributed by atoms with Gasteiger partial charge in [-0.05, 0) is 50.7 Å². The van der Waals surface area contributed by atoms with Gasteiger partial charge in [0.1, 0.15) is 11.9 Å². The highest BCUT2D eigenvalue weighted by Crippen LogP contribution is 2.24. The zero-order valence-corrected chi connectivity index (χ0v) is 22.2. The molecule has 1 unspecified atom stereocenters. The summed E-state index contributed by atoms with van der Waals surface area (Å²) < 4.78 is 17.7. The number of hydrogen-bond acceptors (Lipinski definition) is 4. The second-order valence-corrected chi connectivity index (χ2v) is 8.76. The standard InChI is InChI=1S/C25H41N3O3.HI/c1-20-11-12-21(24(17-20)31-23-13-16-29-19-23)18-28-25(26-2)27-14-7-4-8-15-30-22-9-5-3-6-10-22;/h11-12,17,22-23H,3-10,13-16,18-19H2,1-2H3,(H2,26,27,28);1H. The van der Waals surface area contributed by atoms with E-state index in [1.54, 1.807) is 0 Å². The Bertz CT molecular complexity index is 674. The lowest BCUT2D eigenvalue weighted by Crippen LogP contribution is -2.37. The van der Waals surface area contributed by atoms with E-state index in [1.165, 1.54) is 44.1 Å². The number of unbranched alkanes of at least 4 members (excludes halogenated alkanes) is 2. The van der Waals surface area contributed by atoms with Crippen molar-refractivity contribution in [3.63, 3.8) is 0 Å². The van der Waals surface area contributed by atoms with Crippen LogP contribution in [0, 0.1) is 6.92 Å². The van der Waals surface area contributed by atoms with Crippen LogP contribution >= 0.6 is 24.0 Å². The van der Waals surface area contributed by atoms with Crippen molar-refractivity contribution in [2.75, 3.05) is 33.4 Å². The monoisotopic (exact) mass is 559 g/mol. The molecule has 2 N–H and O–H groups in total. The fourth-order valence-corrected chi connectivity index (χ4v) is 4.19. The Morgan fingerprint density at radius 1 is 1.06 bits per heavy atom. The Kier molecular flexibility index (Phi) is 13.4. The van der Waals surface area contributed by atoms with E-state index in [1.807, 2.05) is 7.05 Å². The van der Waals surface area contributed by atoms with Crippen LogP contribution in [-0.4, -0.2) is 51.6 Å². The van der Waals surface area contributed by atoms with Crippen molar-refractivity contribution in [2.45, 2.75) is 83.5 Å². The minimum atomic E-state index is 0. The average molecular weight is 560 g/mol. The molecule has 7 heteroatoms. The molecular formula is C25H42IN3O3. The molecule has 2 fully saturated rings. The number of nitrogens with one attached hydrogen (secondary N) is 2. The van der Waals surface area contributed by atoms with Gasteiger partial charge in [-0.15, -0.1) is 24.0 Å². The van der Waals surface area contributed by atoms with E-state index in [2.05, 4.69) is 40.7 Å². The lowest BCUT2D eigenvalue weighted by molar-refractivity contribution is 0.0264. The van der Waals surface area contributed by atoms with Crippen LogP contribution < -0.4 is 15.4 Å². The largest absolute Gasteiger partial charge is 0.488 e. The summed E-state index contributed by atoms with van der Waals surface area (Å²) in [6.45, 7) is 6.05. The van der Waals surface area contributed by atoms with Gasteiger partial charge in [0.05, 0.1) is 19.3 Å². The zero-order chi connectivity index (χ0) is 21.7. The Labute approximate surface area is 211 Å². The molecule has 0 radical (unpaired) electrons. The number of hydrogen-bond donors (Lipinski definition) is 2. The first-order valence-electron chi connectivity index (χ1n) is 12.1. The normalized spacial score (nSPS) is 19.4. The summed E-state index contributed by atoms with van der Waals surface area (Å²) in [4.78, 5) is 4.36. The van der Waals surface area contributed by atoms with Crippen molar-refractivity contribution >= 4 is 29.9 Å². The summed E-state index contributed by atoms with van der Waals surface area (Å²) in [5.41, 5.74) is 2.34. The molecular weight excluding hydrogens is 517 g/mol. The van der Waals surface area contributed by atoms with Gasteiger partial charge in [-0.3, -0.25) is 4.99 Å². The topological polar surface area (TPSA) is 64.1 Å². The minimum absolute atomic E-state index is 0. The predicted molar refractivity (Wildman–Crippen MR) is 141 cm³/mol. The van der Waals surface area contributed by atoms with Gasteiger partial charge in [-0.1, -0.05) is 31.4 Å². The Balaban J connectivity index is 0.00000363. The third-order valence-corrected chi connectivity index (χ3v) is 6.09. The number of aryl methyl sites for hydroxylation is 1. The summed E-state index contributed by atoms with van der Waals surface area (Å²) in [5, 5.41) is 6.84. The maximum Gasteiger partial charge on any atom is 0.191 e. The number of halogens is 1. The summed E-state index contributed by atoms with van der Waals surface area (Å²) in [6.07, 6.45) is 11.6. The van der Waals surface area contributed by atoms with Crippen molar-refractivity contribution in [3.05, 3.63) is 29.3 Å². The number of ether oxygens (including phenoxy) is 3. The molecule has 2 aliphatic rings. The van der Waals surface area contributed by atoms with Crippen molar-refractivity contribution < 1.29 is 14.2 Å². The number of aliphatic imine (C=N–C) groups is 1. The van der Waals surface area contributed by atoms with Gasteiger partial charge in [0, 0.05) is 38.7 Å². The SMILES string of the molecule is CN=C(NCCCCCOC1CCCCC1)NCc1ccc(C)cc1OC1CCOC1.I. The van der Waals surface area contributed by atoms with Crippen LogP contribution in [0.25, 0.3) is 0 Å². The highest BCUT2D eigenvalue weighted by atomic mass is 127. The van der Waals surface area contributed by atoms with E-state index in [0.29, 0.717) is 19.3 Å². The molecule has 1 atom stereocenters. The molecule has 32 heavy (non-hydrogen) atoms. The minimum Gasteiger partial charge on any atom is -0.488 e. The van der Waals surface area contributed by atoms with E-state index in [4.69, 9.17) is 14.2 Å². The molecule has 1 saturated heterocycles. The van der Waals surface area contributed by atoms with Gasteiger partial charge in [0.25, 0.3) is 0 Å². The molecule has 0 bridgehead atoms. The molecule has 1 saturated carbocycles. The number of rotatable bonds is 11. The smallest absolute Gasteiger partial charge is 0.191 e. The van der Waals surface area contributed by atoms with Gasteiger partial charge in [-0.25, -0.2) is 0 Å². The first-order chi connectivity index (χ1) is 15.2. The molecule has 0 amide bonds. The van der Waals surface area contributed by atoms with Gasteiger partial charge < -0.3 is 24.8 Å². The molecule has 1 aliphatic heterocycles. The molecule has 0 aromatic heterocycles. The first-order valence-corrected chi connectivity index (χ1v) is 12.1. The van der Waals surface area contributed by atoms with E-state index >= 15 is 0 Å². The molecule has 1 aromatic rings. The van der Waals surface area contributed by atoms with E-state index < -0.39 is 0 Å². The summed E-state index contributed by atoms with van der Waals surface area (Å²) in [7, 11) is 1.82. The highest BCUT2D eigenvalue weighted by molar-refractivity contribution is 14.0. The van der Waals surface area contributed by atoms with Crippen molar-refractivity contribution in [1.29, 1.82) is 0 Å². The highest BCUT2D eigenvalue weighted by Gasteiger charge is 2.19. The van der Waals surface area contributed by atoms with Crippen LogP contribution in [0.2, 0.25) is 0 Å². The molecule has 3 rings (SSSR count). The van der Waals surface area contributed by atoms with Gasteiger partial charge in [0.15, 0.2) is 5.96 Å². The second-order valence-electron chi connectivity index (χ2n) is 8.76. The predicted octanol–water partition coefficient (Wildman–Crippen LogP) is 4.97. The summed E-state index contributed by atoms with van der Waals surface area (Å²) in [6, 6.07) is 6.37. The lowest BCUT2D eigenvalue weighted by Gasteiger charge is -2.21. The fourth-order valence-electron chi connectivity index (χ4n) is 4.19. The number of benzene rings is 1. The van der Waals surface area contributed by atoms with Gasteiger partial charge >= 0.3 is 0 Å². The van der Waals surface area contributed by atoms with Crippen LogP contribution in [0.15, 0.2) is 23.2 Å². The summed E-state index contributed by atoms with van der Waals surface area (Å²) >= 11 is 0. The molecule has 1 aromatic carbocycles. The summed E-state index contributed by atoms with van der Waals surface area (Å²) in [5.74, 6) is 1.77. The molecule has 0 spiro atoms. The van der Waals surface area contributed by atoms with E-state index in [0.717, 1.165) is 56.3 Å². The second kappa shape index (κ2) is 15.7. The van der Waals surface area contributed by atoms with Crippen molar-refractivity contribution in [2.24, 2.45) is 4.99 Å². The molecule has 1 aliphatic carbocycles. The first kappa shape index (κ1) is 27.2. The fraction of sp³-hybridized carbons (Fsp3) is 0.720. The lowest BCUT2D eigenvalue weighted by atomic mass is 9.98. The van der Waals surface area contributed by atoms with Crippen LogP contribution in [0.5, 0.6) is 5.75 Å². The van der Waals surface area contributed by atoms with Crippen LogP contribution in [0.1, 0.15) is 68.9 Å². The van der Waals surface area contributed by atoms with E-state index in [-0.39, 0.29) is 30.1 Å². The zero-order valence-electron chi connectivity index (χ0n) is 19.9. The number of guanidine groups is 1.